The Balaban J connectivity index is 1.54. The van der Waals surface area contributed by atoms with Gasteiger partial charge >= 0.3 is 0 Å². The smallest absolute Gasteiger partial charge is 0.233 e. The molecule has 0 unspecified atom stereocenters. The number of thioether (sulfide) groups is 1. The minimum Gasteiger partial charge on any atom is -0.339 e. The molecule has 2 aliphatic rings. The van der Waals surface area contributed by atoms with Crippen molar-refractivity contribution in [2.24, 2.45) is 0 Å². The number of benzene rings is 1. The lowest BCUT2D eigenvalue weighted by Crippen LogP contribution is -2.42. The van der Waals surface area contributed by atoms with Crippen LogP contribution in [0.3, 0.4) is 0 Å². The first-order valence-corrected chi connectivity index (χ1v) is 9.90. The Morgan fingerprint density at radius 2 is 2.04 bits per heavy atom. The van der Waals surface area contributed by atoms with Crippen LogP contribution in [0, 0.1) is 0 Å². The van der Waals surface area contributed by atoms with Gasteiger partial charge in [-0.1, -0.05) is 30.0 Å². The molecule has 5 heteroatoms. The summed E-state index contributed by atoms with van der Waals surface area (Å²) in [7, 11) is 0. The third-order valence-electron chi connectivity index (χ3n) is 4.98. The molecule has 126 valence electrons. The Bertz CT molecular complexity index is 759. The van der Waals surface area contributed by atoms with Crippen molar-refractivity contribution in [1.29, 1.82) is 0 Å². The second kappa shape index (κ2) is 6.71. The standard InChI is InChI=1S/C19H23N3OS/c1-13-6-4-5-11-22(13)17(23)12-24-19-15-7-2-3-8-16(15)20-18(21-19)14-9-10-14/h2-3,7-8,13-14H,4-6,9-12H2,1H3/t13-/m1/s1. The van der Waals surface area contributed by atoms with Gasteiger partial charge in [0.25, 0.3) is 0 Å². The fraction of sp³-hybridized carbons (Fsp3) is 0.526. The monoisotopic (exact) mass is 341 g/mol. The van der Waals surface area contributed by atoms with Crippen LogP contribution >= 0.6 is 11.8 Å². The van der Waals surface area contributed by atoms with Crippen LogP contribution in [0.5, 0.6) is 0 Å². The second-order valence-electron chi connectivity index (χ2n) is 6.90. The van der Waals surface area contributed by atoms with E-state index in [1.54, 1.807) is 11.8 Å². The SMILES string of the molecule is C[C@@H]1CCCCN1C(=O)CSc1nc(C2CC2)nc2ccccc12. The number of amides is 1. The fourth-order valence-electron chi connectivity index (χ4n) is 3.38. The van der Waals surface area contributed by atoms with Crippen molar-refractivity contribution in [2.45, 2.75) is 56.0 Å². The Labute approximate surface area is 147 Å². The largest absolute Gasteiger partial charge is 0.339 e. The molecule has 0 N–H and O–H groups in total. The molecular formula is C19H23N3OS. The minimum absolute atomic E-state index is 0.239. The summed E-state index contributed by atoms with van der Waals surface area (Å²) in [6.45, 7) is 3.06. The number of nitrogens with zero attached hydrogens (tertiary/aromatic N) is 3. The van der Waals surface area contributed by atoms with E-state index in [4.69, 9.17) is 9.97 Å². The van der Waals surface area contributed by atoms with Gasteiger partial charge in [0, 0.05) is 23.9 Å². The van der Waals surface area contributed by atoms with Gasteiger partial charge in [0.2, 0.25) is 5.91 Å². The van der Waals surface area contributed by atoms with Gasteiger partial charge in [-0.3, -0.25) is 4.79 Å². The minimum atomic E-state index is 0.239. The van der Waals surface area contributed by atoms with E-state index < -0.39 is 0 Å². The van der Waals surface area contributed by atoms with E-state index in [-0.39, 0.29) is 5.91 Å². The van der Waals surface area contributed by atoms with E-state index in [0.29, 0.717) is 17.7 Å². The molecule has 0 spiro atoms. The molecule has 1 saturated heterocycles. The summed E-state index contributed by atoms with van der Waals surface area (Å²) in [5.41, 5.74) is 0.996. The number of aromatic nitrogens is 2. The first kappa shape index (κ1) is 15.9. The molecule has 2 heterocycles. The van der Waals surface area contributed by atoms with Gasteiger partial charge in [0.05, 0.1) is 11.3 Å². The summed E-state index contributed by atoms with van der Waals surface area (Å²) in [6, 6.07) is 8.50. The molecule has 4 nitrogen and oxygen atoms in total. The molecule has 24 heavy (non-hydrogen) atoms. The van der Waals surface area contributed by atoms with Gasteiger partial charge in [-0.25, -0.2) is 9.97 Å². The number of hydrogen-bond acceptors (Lipinski definition) is 4. The molecule has 0 bridgehead atoms. The molecule has 1 aliphatic heterocycles. The van der Waals surface area contributed by atoms with E-state index in [1.165, 1.54) is 19.3 Å². The number of piperidine rings is 1. The number of carbonyl (C=O) groups is 1. The Kier molecular flexibility index (Phi) is 4.44. The van der Waals surface area contributed by atoms with Crippen LogP contribution in [0.4, 0.5) is 0 Å². The topological polar surface area (TPSA) is 46.1 Å². The van der Waals surface area contributed by atoms with Gasteiger partial charge in [-0.15, -0.1) is 0 Å². The third kappa shape index (κ3) is 3.27. The van der Waals surface area contributed by atoms with Gasteiger partial charge in [-0.2, -0.15) is 0 Å². The summed E-state index contributed by atoms with van der Waals surface area (Å²) in [6.07, 6.45) is 5.86. The summed E-state index contributed by atoms with van der Waals surface area (Å²) in [5, 5.41) is 2.02. The molecule has 1 aromatic heterocycles. The van der Waals surface area contributed by atoms with Crippen molar-refractivity contribution in [1.82, 2.24) is 14.9 Å². The van der Waals surface area contributed by atoms with Crippen LogP contribution in [-0.2, 0) is 4.79 Å². The Hall–Kier alpha value is -1.62. The molecule has 2 fully saturated rings. The van der Waals surface area contributed by atoms with Gasteiger partial charge in [0.15, 0.2) is 0 Å². The number of likely N-dealkylation sites (tertiary alicyclic amines) is 1. The number of para-hydroxylation sites is 1. The average Bonchev–Trinajstić information content (AvgIpc) is 3.44. The molecule has 4 rings (SSSR count). The maximum Gasteiger partial charge on any atom is 0.233 e. The first-order valence-electron chi connectivity index (χ1n) is 8.91. The zero-order valence-electron chi connectivity index (χ0n) is 14.1. The zero-order valence-corrected chi connectivity index (χ0v) is 14.9. The van der Waals surface area contributed by atoms with E-state index in [0.717, 1.165) is 41.1 Å². The second-order valence-corrected chi connectivity index (χ2v) is 7.86. The van der Waals surface area contributed by atoms with E-state index >= 15 is 0 Å². The van der Waals surface area contributed by atoms with Crippen LogP contribution in [0.25, 0.3) is 10.9 Å². The number of rotatable bonds is 4. The highest BCUT2D eigenvalue weighted by Gasteiger charge is 2.28. The number of carbonyl (C=O) groups excluding carboxylic acids is 1. The highest BCUT2D eigenvalue weighted by Crippen LogP contribution is 2.39. The fourth-order valence-corrected chi connectivity index (χ4v) is 4.29. The first-order chi connectivity index (χ1) is 11.7. The quantitative estimate of drug-likeness (QED) is 0.623. The Morgan fingerprint density at radius 3 is 2.83 bits per heavy atom. The number of fused-ring (bicyclic) bond motifs is 1. The molecule has 2 aromatic rings. The average molecular weight is 341 g/mol. The van der Waals surface area contributed by atoms with Crippen molar-refractivity contribution in [3.63, 3.8) is 0 Å². The molecule has 1 aromatic carbocycles. The van der Waals surface area contributed by atoms with Gasteiger partial charge in [0.1, 0.15) is 10.9 Å². The number of hydrogen-bond donors (Lipinski definition) is 0. The van der Waals surface area contributed by atoms with Crippen LogP contribution in [-0.4, -0.2) is 39.1 Å². The lowest BCUT2D eigenvalue weighted by molar-refractivity contribution is -0.131. The summed E-state index contributed by atoms with van der Waals surface area (Å²) < 4.78 is 0. The van der Waals surface area contributed by atoms with Crippen LogP contribution in [0.15, 0.2) is 29.3 Å². The van der Waals surface area contributed by atoms with Crippen molar-refractivity contribution in [3.05, 3.63) is 30.1 Å². The lowest BCUT2D eigenvalue weighted by atomic mass is 10.0. The zero-order chi connectivity index (χ0) is 16.5. The highest BCUT2D eigenvalue weighted by atomic mass is 32.2. The highest BCUT2D eigenvalue weighted by molar-refractivity contribution is 8.00. The molecule has 1 amide bonds. The van der Waals surface area contributed by atoms with E-state index in [2.05, 4.69) is 13.0 Å². The van der Waals surface area contributed by atoms with Gasteiger partial charge < -0.3 is 4.90 Å². The summed E-state index contributed by atoms with van der Waals surface area (Å²) in [5.74, 6) is 2.18. The van der Waals surface area contributed by atoms with Crippen LogP contribution < -0.4 is 0 Å². The normalized spacial score (nSPS) is 21.2. The molecule has 1 saturated carbocycles. The van der Waals surface area contributed by atoms with Crippen molar-refractivity contribution in [3.8, 4) is 0 Å². The van der Waals surface area contributed by atoms with Crippen LogP contribution in [0.1, 0.15) is 50.8 Å². The summed E-state index contributed by atoms with van der Waals surface area (Å²) >= 11 is 1.57. The maximum absolute atomic E-state index is 12.6. The summed E-state index contributed by atoms with van der Waals surface area (Å²) in [4.78, 5) is 24.1. The van der Waals surface area contributed by atoms with Crippen molar-refractivity contribution >= 4 is 28.6 Å². The molecular weight excluding hydrogens is 318 g/mol. The van der Waals surface area contributed by atoms with Gasteiger partial charge in [-0.05, 0) is 45.1 Å². The predicted molar refractivity (Wildman–Crippen MR) is 97.3 cm³/mol. The van der Waals surface area contributed by atoms with Crippen molar-refractivity contribution < 1.29 is 4.79 Å². The molecule has 1 aliphatic carbocycles. The lowest BCUT2D eigenvalue weighted by Gasteiger charge is -2.33. The maximum atomic E-state index is 12.6. The molecule has 0 radical (unpaired) electrons. The predicted octanol–water partition coefficient (Wildman–Crippen LogP) is 4.00. The third-order valence-corrected chi connectivity index (χ3v) is 5.96. The van der Waals surface area contributed by atoms with E-state index in [9.17, 15) is 4.79 Å². The van der Waals surface area contributed by atoms with Crippen molar-refractivity contribution in [2.75, 3.05) is 12.3 Å². The molecule has 1 atom stereocenters. The van der Waals surface area contributed by atoms with E-state index in [1.807, 2.05) is 23.1 Å². The van der Waals surface area contributed by atoms with Crippen LogP contribution in [0.2, 0.25) is 0 Å². The Morgan fingerprint density at radius 1 is 1.21 bits per heavy atom.